The van der Waals surface area contributed by atoms with Crippen LogP contribution in [0, 0.1) is 11.3 Å². The molecule has 0 spiro atoms. The Bertz CT molecular complexity index is 821. The minimum Gasteiger partial charge on any atom is -0.325 e. The van der Waals surface area contributed by atoms with Crippen molar-refractivity contribution in [3.63, 3.8) is 0 Å². The number of amides is 1. The molecule has 0 saturated heterocycles. The van der Waals surface area contributed by atoms with Crippen LogP contribution in [0.15, 0.2) is 60.7 Å². The monoisotopic (exact) mass is 331 g/mol. The highest BCUT2D eigenvalue weighted by atomic mass is 16.2. The Labute approximate surface area is 148 Å². The molecule has 0 fully saturated rings. The van der Waals surface area contributed by atoms with Crippen LogP contribution in [0.4, 0.5) is 5.69 Å². The second-order valence-electron chi connectivity index (χ2n) is 6.20. The second kappa shape index (κ2) is 7.78. The van der Waals surface area contributed by atoms with Crippen molar-refractivity contribution in [3.05, 3.63) is 71.8 Å². The number of benzene rings is 2. The van der Waals surface area contributed by atoms with Gasteiger partial charge in [-0.1, -0.05) is 42.5 Å². The lowest BCUT2D eigenvalue weighted by Crippen LogP contribution is -2.44. The number of carbonyl (C=O) groups excluding carboxylic acids is 1. The lowest BCUT2D eigenvalue weighted by molar-refractivity contribution is -0.120. The molecule has 1 aliphatic heterocycles. The molecule has 1 atom stereocenters. The summed E-state index contributed by atoms with van der Waals surface area (Å²) >= 11 is 0. The average Bonchev–Trinajstić information content (AvgIpc) is 2.68. The summed E-state index contributed by atoms with van der Waals surface area (Å²) in [5, 5.41) is 11.9. The lowest BCUT2D eigenvalue weighted by Gasteiger charge is -2.31. The van der Waals surface area contributed by atoms with Crippen LogP contribution in [0.3, 0.4) is 0 Å². The van der Waals surface area contributed by atoms with Crippen molar-refractivity contribution in [2.45, 2.75) is 19.4 Å². The van der Waals surface area contributed by atoms with Crippen LogP contribution >= 0.6 is 0 Å². The van der Waals surface area contributed by atoms with E-state index in [-0.39, 0.29) is 11.9 Å². The summed E-state index contributed by atoms with van der Waals surface area (Å²) in [6.07, 6.45) is 3.14. The van der Waals surface area contributed by atoms with E-state index in [2.05, 4.69) is 34.5 Å². The van der Waals surface area contributed by atoms with Gasteiger partial charge in [-0.15, -0.1) is 0 Å². The number of anilines is 1. The van der Waals surface area contributed by atoms with E-state index in [1.54, 1.807) is 24.3 Å². The maximum atomic E-state index is 12.5. The molecule has 2 aromatic rings. The molecule has 0 radical (unpaired) electrons. The molecule has 0 aliphatic carbocycles. The highest BCUT2D eigenvalue weighted by Gasteiger charge is 2.23. The van der Waals surface area contributed by atoms with Gasteiger partial charge in [0.1, 0.15) is 0 Å². The van der Waals surface area contributed by atoms with Gasteiger partial charge in [0.05, 0.1) is 17.7 Å². The van der Waals surface area contributed by atoms with Crippen LogP contribution in [0.1, 0.15) is 24.5 Å². The predicted molar refractivity (Wildman–Crippen MR) is 99.9 cm³/mol. The van der Waals surface area contributed by atoms with Gasteiger partial charge in [0.15, 0.2) is 0 Å². The number of nitriles is 1. The highest BCUT2D eigenvalue weighted by molar-refractivity contribution is 5.94. The summed E-state index contributed by atoms with van der Waals surface area (Å²) in [7, 11) is 0. The largest absolute Gasteiger partial charge is 0.325 e. The zero-order valence-electron chi connectivity index (χ0n) is 14.3. The maximum absolute atomic E-state index is 12.5. The number of rotatable bonds is 4. The van der Waals surface area contributed by atoms with Crippen LogP contribution in [-0.2, 0) is 4.79 Å². The van der Waals surface area contributed by atoms with E-state index < -0.39 is 0 Å². The molecular formula is C21H21N3O. The van der Waals surface area contributed by atoms with Gasteiger partial charge in [-0.2, -0.15) is 5.26 Å². The lowest BCUT2D eigenvalue weighted by atomic mass is 9.99. The van der Waals surface area contributed by atoms with Gasteiger partial charge in [-0.3, -0.25) is 9.69 Å². The van der Waals surface area contributed by atoms with Crippen molar-refractivity contribution in [3.8, 4) is 6.07 Å². The van der Waals surface area contributed by atoms with Gasteiger partial charge in [0, 0.05) is 18.8 Å². The molecule has 126 valence electrons. The zero-order valence-corrected chi connectivity index (χ0v) is 14.3. The Morgan fingerprint density at radius 2 is 2.00 bits per heavy atom. The first kappa shape index (κ1) is 16.9. The summed E-state index contributed by atoms with van der Waals surface area (Å²) in [6.45, 7) is 3.54. The number of hydrogen-bond acceptors (Lipinski definition) is 3. The molecule has 1 aliphatic rings. The van der Waals surface area contributed by atoms with Gasteiger partial charge in [0.25, 0.3) is 0 Å². The fraction of sp³-hybridized carbons (Fsp3) is 0.238. The number of nitrogens with zero attached hydrogens (tertiary/aromatic N) is 2. The van der Waals surface area contributed by atoms with Gasteiger partial charge in [0.2, 0.25) is 5.91 Å². The zero-order chi connectivity index (χ0) is 17.6. The molecule has 2 aromatic carbocycles. The molecule has 0 aromatic heterocycles. The van der Waals surface area contributed by atoms with Crippen LogP contribution in [0.25, 0.3) is 5.57 Å². The Kier molecular flexibility index (Phi) is 5.27. The van der Waals surface area contributed by atoms with Crippen LogP contribution < -0.4 is 5.32 Å². The van der Waals surface area contributed by atoms with Crippen LogP contribution in [0.5, 0.6) is 0 Å². The van der Waals surface area contributed by atoms with E-state index in [0.717, 1.165) is 19.5 Å². The van der Waals surface area contributed by atoms with E-state index in [1.807, 2.05) is 25.1 Å². The first-order valence-corrected chi connectivity index (χ1v) is 8.47. The Balaban J connectivity index is 1.62. The summed E-state index contributed by atoms with van der Waals surface area (Å²) < 4.78 is 0. The van der Waals surface area contributed by atoms with Crippen molar-refractivity contribution in [2.24, 2.45) is 0 Å². The van der Waals surface area contributed by atoms with Gasteiger partial charge < -0.3 is 5.32 Å². The third-order valence-corrected chi connectivity index (χ3v) is 4.57. The first-order chi connectivity index (χ1) is 12.2. The van der Waals surface area contributed by atoms with Crippen molar-refractivity contribution in [1.29, 1.82) is 5.26 Å². The predicted octanol–water partition coefficient (Wildman–Crippen LogP) is 3.67. The topological polar surface area (TPSA) is 56.1 Å². The molecule has 0 saturated carbocycles. The molecular weight excluding hydrogens is 310 g/mol. The smallest absolute Gasteiger partial charge is 0.241 e. The summed E-state index contributed by atoms with van der Waals surface area (Å²) in [6, 6.07) is 19.2. The minimum absolute atomic E-state index is 0.0494. The van der Waals surface area contributed by atoms with E-state index >= 15 is 0 Å². The molecule has 1 amide bonds. The third kappa shape index (κ3) is 4.14. The second-order valence-corrected chi connectivity index (χ2v) is 6.20. The highest BCUT2D eigenvalue weighted by Crippen LogP contribution is 2.23. The Morgan fingerprint density at radius 3 is 2.68 bits per heavy atom. The fourth-order valence-corrected chi connectivity index (χ4v) is 3.03. The standard InChI is InChI=1S/C21H21N3O/c1-16(21(25)23-20-9-5-6-17(14-20)15-22)24-12-10-19(11-13-24)18-7-3-2-4-8-18/h2-10,14,16H,11-13H2,1H3,(H,23,25)/t16-/m1/s1. The minimum atomic E-state index is -0.223. The van der Waals surface area contributed by atoms with E-state index in [4.69, 9.17) is 5.26 Å². The molecule has 4 nitrogen and oxygen atoms in total. The molecule has 4 heteroatoms. The summed E-state index contributed by atoms with van der Waals surface area (Å²) in [5.41, 5.74) is 3.80. The van der Waals surface area contributed by atoms with Crippen molar-refractivity contribution in [2.75, 3.05) is 18.4 Å². The van der Waals surface area contributed by atoms with E-state index in [0.29, 0.717) is 11.3 Å². The molecule has 3 rings (SSSR count). The number of carbonyl (C=O) groups is 1. The summed E-state index contributed by atoms with van der Waals surface area (Å²) in [5.74, 6) is -0.0494. The van der Waals surface area contributed by atoms with Crippen LogP contribution in [0.2, 0.25) is 0 Å². The number of hydrogen-bond donors (Lipinski definition) is 1. The van der Waals surface area contributed by atoms with Gasteiger partial charge in [-0.25, -0.2) is 0 Å². The normalized spacial score (nSPS) is 15.8. The third-order valence-electron chi connectivity index (χ3n) is 4.57. The molecule has 0 bridgehead atoms. The van der Waals surface area contributed by atoms with E-state index in [9.17, 15) is 4.79 Å². The fourth-order valence-electron chi connectivity index (χ4n) is 3.03. The van der Waals surface area contributed by atoms with E-state index in [1.165, 1.54) is 11.1 Å². The maximum Gasteiger partial charge on any atom is 0.241 e. The SMILES string of the molecule is C[C@H](C(=O)Nc1cccc(C#N)c1)N1CC=C(c2ccccc2)CC1. The molecule has 1 heterocycles. The average molecular weight is 331 g/mol. The summed E-state index contributed by atoms with van der Waals surface area (Å²) in [4.78, 5) is 14.7. The molecule has 0 unspecified atom stereocenters. The molecule has 1 N–H and O–H groups in total. The van der Waals surface area contributed by atoms with Crippen LogP contribution in [-0.4, -0.2) is 29.9 Å². The quantitative estimate of drug-likeness (QED) is 0.930. The Hall–Kier alpha value is -2.90. The van der Waals surface area contributed by atoms with Crippen molar-refractivity contribution >= 4 is 17.2 Å². The Morgan fingerprint density at radius 1 is 1.20 bits per heavy atom. The van der Waals surface area contributed by atoms with Gasteiger partial charge >= 0.3 is 0 Å². The molecule has 25 heavy (non-hydrogen) atoms. The van der Waals surface area contributed by atoms with Crippen molar-refractivity contribution < 1.29 is 4.79 Å². The van der Waals surface area contributed by atoms with Gasteiger partial charge in [-0.05, 0) is 42.7 Å². The number of nitrogens with one attached hydrogen (secondary N) is 1. The van der Waals surface area contributed by atoms with Crippen molar-refractivity contribution in [1.82, 2.24) is 4.90 Å². The first-order valence-electron chi connectivity index (χ1n) is 8.47.